The normalized spacial score (nSPS) is 16.8. The number of allylic oxidation sites excluding steroid dienone is 1. The number of aryl methyl sites for hydroxylation is 1. The van der Waals surface area contributed by atoms with Crippen LogP contribution in [0.2, 0.25) is 0 Å². The van der Waals surface area contributed by atoms with Crippen LogP contribution in [0.4, 0.5) is 19.6 Å². The molecule has 4 rings (SSSR count). The summed E-state index contributed by atoms with van der Waals surface area (Å²) in [6, 6.07) is 1.88. The Balaban J connectivity index is 1.57. The number of aromatic nitrogens is 4. The van der Waals surface area contributed by atoms with E-state index in [0.29, 0.717) is 12.4 Å². The molecule has 0 aliphatic carbocycles. The third-order valence-electron chi connectivity index (χ3n) is 4.74. The summed E-state index contributed by atoms with van der Waals surface area (Å²) in [7, 11) is 1.88. The average molecular weight is 420 g/mol. The van der Waals surface area contributed by atoms with E-state index in [4.69, 9.17) is 0 Å². The molecular weight excluding hydrogens is 396 g/mol. The Kier molecular flexibility index (Phi) is 5.22. The zero-order valence-electron chi connectivity index (χ0n) is 16.5. The predicted molar refractivity (Wildman–Crippen MR) is 111 cm³/mol. The van der Waals surface area contributed by atoms with Crippen molar-refractivity contribution >= 4 is 33.6 Å². The number of nitrogens with one attached hydrogen (secondary N) is 2. The van der Waals surface area contributed by atoms with Crippen molar-refractivity contribution in [1.29, 1.82) is 0 Å². The van der Waals surface area contributed by atoms with Crippen LogP contribution < -0.4 is 10.6 Å². The molecule has 0 bridgehead atoms. The number of imidazole rings is 1. The second kappa shape index (κ2) is 7.68. The maximum absolute atomic E-state index is 13.0. The Morgan fingerprint density at radius 1 is 1.38 bits per heavy atom. The standard InChI is InChI=1S/C19H23F2N7S/c1-4-13(6-22-3)15-7-23-18-17(24-12(2)8-28(15)18)25-16-5-14(26-29-16)9-27-10-19(20,21)11-27/h5-8,22H,4,9-11H2,1-3H3,(H,24,25)/b13-6+. The molecule has 10 heteroatoms. The van der Waals surface area contributed by atoms with Gasteiger partial charge in [-0.25, -0.2) is 18.7 Å². The number of nitrogens with zero attached hydrogens (tertiary/aromatic N) is 5. The van der Waals surface area contributed by atoms with Gasteiger partial charge in [0.15, 0.2) is 11.5 Å². The summed E-state index contributed by atoms with van der Waals surface area (Å²) >= 11 is 1.29. The van der Waals surface area contributed by atoms with Gasteiger partial charge in [0.05, 0.1) is 36.4 Å². The maximum atomic E-state index is 13.0. The second-order valence-corrected chi connectivity index (χ2v) is 7.99. The second-order valence-electron chi connectivity index (χ2n) is 7.19. The van der Waals surface area contributed by atoms with E-state index in [1.54, 1.807) is 4.90 Å². The number of rotatable bonds is 7. The highest BCUT2D eigenvalue weighted by molar-refractivity contribution is 7.10. The fourth-order valence-electron chi connectivity index (χ4n) is 3.47. The molecule has 3 aromatic heterocycles. The molecule has 0 radical (unpaired) electrons. The Hall–Kier alpha value is -2.59. The lowest BCUT2D eigenvalue weighted by atomic mass is 10.1. The van der Waals surface area contributed by atoms with Crippen LogP contribution in [-0.4, -0.2) is 49.7 Å². The summed E-state index contributed by atoms with van der Waals surface area (Å²) in [6.45, 7) is 4.05. The smallest absolute Gasteiger partial charge is 0.272 e. The molecule has 0 spiro atoms. The van der Waals surface area contributed by atoms with E-state index in [-0.39, 0.29) is 13.1 Å². The summed E-state index contributed by atoms with van der Waals surface area (Å²) in [6.07, 6.45) is 6.65. The van der Waals surface area contributed by atoms with Crippen LogP contribution in [-0.2, 0) is 6.54 Å². The Morgan fingerprint density at radius 2 is 2.17 bits per heavy atom. The molecule has 4 heterocycles. The summed E-state index contributed by atoms with van der Waals surface area (Å²) in [5, 5.41) is 7.18. The number of hydrogen-bond donors (Lipinski definition) is 2. The minimum atomic E-state index is -2.56. The fourth-order valence-corrected chi connectivity index (χ4v) is 4.13. The molecule has 0 amide bonds. The molecule has 1 saturated heterocycles. The number of likely N-dealkylation sites (tertiary alicyclic amines) is 1. The molecule has 0 unspecified atom stereocenters. The number of hydrogen-bond acceptors (Lipinski definition) is 7. The highest BCUT2D eigenvalue weighted by atomic mass is 32.1. The SMILES string of the molecule is CC/C(=C\NC)c1cnc2c(Nc3cc(CN4CC(F)(F)C4)ns3)nc(C)cn12. The van der Waals surface area contributed by atoms with Gasteiger partial charge in [-0.3, -0.25) is 9.30 Å². The third-order valence-corrected chi connectivity index (χ3v) is 5.48. The van der Waals surface area contributed by atoms with Crippen molar-refractivity contribution in [3.8, 4) is 0 Å². The molecule has 0 aromatic carbocycles. The number of anilines is 2. The molecule has 0 atom stereocenters. The average Bonchev–Trinajstić information content (AvgIpc) is 3.25. The largest absolute Gasteiger partial charge is 0.394 e. The molecule has 1 aliphatic heterocycles. The topological polar surface area (TPSA) is 70.4 Å². The van der Waals surface area contributed by atoms with Crippen molar-refractivity contribution in [2.45, 2.75) is 32.7 Å². The minimum absolute atomic E-state index is 0.204. The molecule has 3 aromatic rings. The first-order chi connectivity index (χ1) is 13.9. The quantitative estimate of drug-likeness (QED) is 0.609. The number of alkyl halides is 2. The van der Waals surface area contributed by atoms with Crippen molar-refractivity contribution < 1.29 is 8.78 Å². The zero-order chi connectivity index (χ0) is 20.6. The van der Waals surface area contributed by atoms with Gasteiger partial charge in [0.25, 0.3) is 5.92 Å². The molecule has 154 valence electrons. The van der Waals surface area contributed by atoms with Crippen LogP contribution >= 0.6 is 11.5 Å². The van der Waals surface area contributed by atoms with E-state index in [0.717, 1.165) is 39.7 Å². The fraction of sp³-hybridized carbons (Fsp3) is 0.421. The van der Waals surface area contributed by atoms with Crippen molar-refractivity contribution in [3.05, 3.63) is 41.7 Å². The van der Waals surface area contributed by atoms with Gasteiger partial charge in [-0.2, -0.15) is 4.37 Å². The van der Waals surface area contributed by atoms with Crippen LogP contribution in [0.15, 0.2) is 24.7 Å². The molecule has 29 heavy (non-hydrogen) atoms. The molecule has 2 N–H and O–H groups in total. The van der Waals surface area contributed by atoms with Crippen LogP contribution in [0, 0.1) is 6.92 Å². The molecule has 1 fully saturated rings. The third kappa shape index (κ3) is 4.08. The first-order valence-electron chi connectivity index (χ1n) is 9.42. The van der Waals surface area contributed by atoms with Crippen molar-refractivity contribution in [3.63, 3.8) is 0 Å². The summed E-state index contributed by atoms with van der Waals surface area (Å²) < 4.78 is 32.4. The first kappa shape index (κ1) is 19.7. The van der Waals surface area contributed by atoms with Gasteiger partial charge in [0, 0.05) is 26.0 Å². The Morgan fingerprint density at radius 3 is 2.86 bits per heavy atom. The van der Waals surface area contributed by atoms with Gasteiger partial charge in [-0.1, -0.05) is 6.92 Å². The van der Waals surface area contributed by atoms with Crippen LogP contribution in [0.1, 0.15) is 30.4 Å². The van der Waals surface area contributed by atoms with E-state index in [2.05, 4.69) is 31.9 Å². The summed E-state index contributed by atoms with van der Waals surface area (Å²) in [5.41, 5.74) is 4.49. The van der Waals surface area contributed by atoms with Gasteiger partial charge >= 0.3 is 0 Å². The lowest BCUT2D eigenvalue weighted by Gasteiger charge is -2.38. The van der Waals surface area contributed by atoms with Gasteiger partial charge < -0.3 is 10.6 Å². The van der Waals surface area contributed by atoms with Crippen molar-refractivity contribution in [2.75, 3.05) is 25.5 Å². The monoisotopic (exact) mass is 419 g/mol. The summed E-state index contributed by atoms with van der Waals surface area (Å²) in [4.78, 5) is 10.8. The minimum Gasteiger partial charge on any atom is -0.394 e. The van der Waals surface area contributed by atoms with E-state index >= 15 is 0 Å². The zero-order valence-corrected chi connectivity index (χ0v) is 17.4. The first-order valence-corrected chi connectivity index (χ1v) is 10.2. The highest BCUT2D eigenvalue weighted by Crippen LogP contribution is 2.30. The van der Waals surface area contributed by atoms with Crippen molar-refractivity contribution in [1.82, 2.24) is 29.0 Å². The molecule has 1 aliphatic rings. The molecule has 0 saturated carbocycles. The van der Waals surface area contributed by atoms with E-state index < -0.39 is 5.92 Å². The van der Waals surface area contributed by atoms with E-state index in [1.165, 1.54) is 11.5 Å². The Labute approximate surface area is 171 Å². The van der Waals surface area contributed by atoms with Crippen LogP contribution in [0.3, 0.4) is 0 Å². The van der Waals surface area contributed by atoms with E-state index in [9.17, 15) is 8.78 Å². The summed E-state index contributed by atoms with van der Waals surface area (Å²) in [5.74, 6) is -1.92. The highest BCUT2D eigenvalue weighted by Gasteiger charge is 2.43. The lowest BCUT2D eigenvalue weighted by molar-refractivity contribution is -0.134. The Bertz CT molecular complexity index is 1050. The van der Waals surface area contributed by atoms with Crippen LogP contribution in [0.25, 0.3) is 11.2 Å². The van der Waals surface area contributed by atoms with Gasteiger partial charge in [-0.15, -0.1) is 0 Å². The van der Waals surface area contributed by atoms with E-state index in [1.807, 2.05) is 43.0 Å². The molecular formula is C19H23F2N7S. The van der Waals surface area contributed by atoms with Gasteiger partial charge in [-0.05, 0) is 36.5 Å². The number of fused-ring (bicyclic) bond motifs is 1. The number of halogens is 2. The predicted octanol–water partition coefficient (Wildman–Crippen LogP) is 3.66. The van der Waals surface area contributed by atoms with Crippen molar-refractivity contribution in [2.24, 2.45) is 0 Å². The molecule has 7 nitrogen and oxygen atoms in total. The van der Waals surface area contributed by atoms with Crippen LogP contribution in [0.5, 0.6) is 0 Å². The van der Waals surface area contributed by atoms with Gasteiger partial charge in [0.2, 0.25) is 0 Å². The van der Waals surface area contributed by atoms with Gasteiger partial charge in [0.1, 0.15) is 5.00 Å². The maximum Gasteiger partial charge on any atom is 0.272 e. The lowest BCUT2D eigenvalue weighted by Crippen LogP contribution is -2.55.